The van der Waals surface area contributed by atoms with Crippen LogP contribution in [0.4, 0.5) is 0 Å². The van der Waals surface area contributed by atoms with Gasteiger partial charge in [0.1, 0.15) is 0 Å². The molecule has 0 aromatic heterocycles. The highest BCUT2D eigenvalue weighted by Gasteiger charge is 2.18. The highest BCUT2D eigenvalue weighted by atomic mass is 16.5. The van der Waals surface area contributed by atoms with Crippen molar-refractivity contribution in [2.45, 2.75) is 32.2 Å². The molecule has 3 nitrogen and oxygen atoms in total. The molecule has 0 aromatic rings. The number of rotatable bonds is 4. The van der Waals surface area contributed by atoms with E-state index >= 15 is 0 Å². The second-order valence-electron chi connectivity index (χ2n) is 4.52. The summed E-state index contributed by atoms with van der Waals surface area (Å²) in [6.45, 7) is 7.91. The summed E-state index contributed by atoms with van der Waals surface area (Å²) >= 11 is 0. The van der Waals surface area contributed by atoms with Gasteiger partial charge < -0.3 is 15.8 Å². The minimum Gasteiger partial charge on any atom is -0.381 e. The minimum atomic E-state index is 0.0817. The lowest BCUT2D eigenvalue weighted by Gasteiger charge is -2.29. The van der Waals surface area contributed by atoms with Crippen molar-refractivity contribution >= 4 is 0 Å². The highest BCUT2D eigenvalue weighted by Crippen LogP contribution is 2.14. The molecule has 1 saturated heterocycles. The number of nitrogens with two attached hydrogens (primary N) is 1. The standard InChI is InChI=1S/C10H22N2O/c1-10(2,8-11)12-7-9-3-5-13-6-4-9/h9,12H,3-8,11H2,1-2H3. The minimum absolute atomic E-state index is 0.0817. The Balaban J connectivity index is 2.17. The Morgan fingerprint density at radius 3 is 2.54 bits per heavy atom. The van der Waals surface area contributed by atoms with E-state index < -0.39 is 0 Å². The molecule has 3 heteroatoms. The maximum atomic E-state index is 5.63. The lowest BCUT2D eigenvalue weighted by molar-refractivity contribution is 0.0642. The molecule has 0 saturated carbocycles. The van der Waals surface area contributed by atoms with Crippen molar-refractivity contribution < 1.29 is 4.74 Å². The van der Waals surface area contributed by atoms with Gasteiger partial charge in [-0.05, 0) is 39.2 Å². The first-order chi connectivity index (χ1) is 6.14. The van der Waals surface area contributed by atoms with Crippen LogP contribution in [0.3, 0.4) is 0 Å². The van der Waals surface area contributed by atoms with Gasteiger partial charge in [0.2, 0.25) is 0 Å². The summed E-state index contributed by atoms with van der Waals surface area (Å²) in [5.41, 5.74) is 5.72. The zero-order valence-corrected chi connectivity index (χ0v) is 8.81. The summed E-state index contributed by atoms with van der Waals surface area (Å²) in [6.07, 6.45) is 2.38. The predicted octanol–water partition coefficient (Wildman–Crippen LogP) is 0.740. The molecular weight excluding hydrogens is 164 g/mol. The Morgan fingerprint density at radius 1 is 1.38 bits per heavy atom. The summed E-state index contributed by atoms with van der Waals surface area (Å²) in [5, 5.41) is 3.50. The van der Waals surface area contributed by atoms with Crippen LogP contribution >= 0.6 is 0 Å². The zero-order valence-electron chi connectivity index (χ0n) is 8.81. The molecular formula is C10H22N2O. The molecule has 0 radical (unpaired) electrons. The molecule has 0 aliphatic carbocycles. The summed E-state index contributed by atoms with van der Waals surface area (Å²) in [7, 11) is 0. The molecule has 1 rings (SSSR count). The Morgan fingerprint density at radius 2 is 2.00 bits per heavy atom. The van der Waals surface area contributed by atoms with Gasteiger partial charge in [0, 0.05) is 25.3 Å². The van der Waals surface area contributed by atoms with E-state index in [0.29, 0.717) is 6.54 Å². The van der Waals surface area contributed by atoms with Gasteiger partial charge >= 0.3 is 0 Å². The smallest absolute Gasteiger partial charge is 0.0469 e. The Labute approximate surface area is 81.0 Å². The topological polar surface area (TPSA) is 47.3 Å². The fraction of sp³-hybridized carbons (Fsp3) is 1.00. The molecule has 1 fully saturated rings. The zero-order chi connectivity index (χ0) is 9.73. The van der Waals surface area contributed by atoms with Gasteiger partial charge in [-0.1, -0.05) is 0 Å². The SMILES string of the molecule is CC(C)(CN)NCC1CCOCC1. The molecule has 1 heterocycles. The maximum absolute atomic E-state index is 5.63. The molecule has 1 aliphatic rings. The van der Waals surface area contributed by atoms with Gasteiger partial charge in [-0.25, -0.2) is 0 Å². The van der Waals surface area contributed by atoms with Crippen LogP contribution in [0.5, 0.6) is 0 Å². The summed E-state index contributed by atoms with van der Waals surface area (Å²) in [5.74, 6) is 0.777. The molecule has 0 unspecified atom stereocenters. The van der Waals surface area contributed by atoms with E-state index in [1.165, 1.54) is 12.8 Å². The normalized spacial score (nSPS) is 20.5. The van der Waals surface area contributed by atoms with Gasteiger partial charge in [-0.2, -0.15) is 0 Å². The van der Waals surface area contributed by atoms with E-state index in [4.69, 9.17) is 10.5 Å². The summed E-state index contributed by atoms with van der Waals surface area (Å²) in [6, 6.07) is 0. The van der Waals surface area contributed by atoms with E-state index in [9.17, 15) is 0 Å². The van der Waals surface area contributed by atoms with Crippen LogP contribution in [0, 0.1) is 5.92 Å². The Bertz CT molecular complexity index is 142. The number of ether oxygens (including phenoxy) is 1. The van der Waals surface area contributed by atoms with Gasteiger partial charge in [0.25, 0.3) is 0 Å². The van der Waals surface area contributed by atoms with Crippen molar-refractivity contribution in [1.82, 2.24) is 5.32 Å². The number of hydrogen-bond acceptors (Lipinski definition) is 3. The van der Waals surface area contributed by atoms with Crippen LogP contribution in [0.15, 0.2) is 0 Å². The van der Waals surface area contributed by atoms with Crippen molar-refractivity contribution in [3.63, 3.8) is 0 Å². The third kappa shape index (κ3) is 4.07. The van der Waals surface area contributed by atoms with E-state index in [1.54, 1.807) is 0 Å². The van der Waals surface area contributed by atoms with Gasteiger partial charge in [-0.15, -0.1) is 0 Å². The molecule has 0 aromatic carbocycles. The third-order valence-electron chi connectivity index (χ3n) is 2.72. The van der Waals surface area contributed by atoms with E-state index in [-0.39, 0.29) is 5.54 Å². The van der Waals surface area contributed by atoms with Crippen LogP contribution in [0.1, 0.15) is 26.7 Å². The van der Waals surface area contributed by atoms with Gasteiger partial charge in [0.15, 0.2) is 0 Å². The largest absolute Gasteiger partial charge is 0.381 e. The molecule has 0 spiro atoms. The molecule has 0 bridgehead atoms. The Hall–Kier alpha value is -0.120. The first kappa shape index (κ1) is 11.0. The first-order valence-electron chi connectivity index (χ1n) is 5.17. The second-order valence-corrected chi connectivity index (χ2v) is 4.52. The van der Waals surface area contributed by atoms with Crippen molar-refractivity contribution in [2.24, 2.45) is 11.7 Å². The molecule has 3 N–H and O–H groups in total. The summed E-state index contributed by atoms with van der Waals surface area (Å²) < 4.78 is 5.31. The predicted molar refractivity (Wildman–Crippen MR) is 54.7 cm³/mol. The van der Waals surface area contributed by atoms with E-state index in [0.717, 1.165) is 25.7 Å². The fourth-order valence-electron chi connectivity index (χ4n) is 1.44. The second kappa shape index (κ2) is 4.94. The van der Waals surface area contributed by atoms with Crippen LogP contribution < -0.4 is 11.1 Å². The Kier molecular flexibility index (Phi) is 4.16. The molecule has 13 heavy (non-hydrogen) atoms. The lowest BCUT2D eigenvalue weighted by atomic mass is 9.98. The van der Waals surface area contributed by atoms with Crippen molar-refractivity contribution in [3.05, 3.63) is 0 Å². The van der Waals surface area contributed by atoms with Crippen molar-refractivity contribution in [1.29, 1.82) is 0 Å². The van der Waals surface area contributed by atoms with Crippen molar-refractivity contribution in [2.75, 3.05) is 26.3 Å². The number of nitrogens with one attached hydrogen (secondary N) is 1. The van der Waals surface area contributed by atoms with Crippen LogP contribution in [-0.2, 0) is 4.74 Å². The highest BCUT2D eigenvalue weighted by molar-refractivity contribution is 4.80. The first-order valence-corrected chi connectivity index (χ1v) is 5.17. The third-order valence-corrected chi connectivity index (χ3v) is 2.72. The van der Waals surface area contributed by atoms with E-state index in [2.05, 4.69) is 19.2 Å². The average Bonchev–Trinajstić information content (AvgIpc) is 2.17. The van der Waals surface area contributed by atoms with Gasteiger partial charge in [-0.3, -0.25) is 0 Å². The maximum Gasteiger partial charge on any atom is 0.0469 e. The van der Waals surface area contributed by atoms with Gasteiger partial charge in [0.05, 0.1) is 0 Å². The molecule has 0 amide bonds. The fourth-order valence-corrected chi connectivity index (χ4v) is 1.44. The van der Waals surface area contributed by atoms with Crippen LogP contribution in [-0.4, -0.2) is 31.8 Å². The molecule has 0 atom stereocenters. The van der Waals surface area contributed by atoms with Crippen molar-refractivity contribution in [3.8, 4) is 0 Å². The van der Waals surface area contributed by atoms with Crippen LogP contribution in [0.25, 0.3) is 0 Å². The summed E-state index contributed by atoms with van der Waals surface area (Å²) in [4.78, 5) is 0. The van der Waals surface area contributed by atoms with Crippen LogP contribution in [0.2, 0.25) is 0 Å². The molecule has 1 aliphatic heterocycles. The average molecular weight is 186 g/mol. The number of hydrogen-bond donors (Lipinski definition) is 2. The van der Waals surface area contributed by atoms with E-state index in [1.807, 2.05) is 0 Å². The lowest BCUT2D eigenvalue weighted by Crippen LogP contribution is -2.48. The monoisotopic (exact) mass is 186 g/mol. The quantitative estimate of drug-likeness (QED) is 0.681. The molecule has 78 valence electrons.